The van der Waals surface area contributed by atoms with Gasteiger partial charge in [-0.3, -0.25) is 4.79 Å². The first kappa shape index (κ1) is 20.0. The lowest BCUT2D eigenvalue weighted by molar-refractivity contribution is -0.111. The molecule has 1 N–H and O–H groups in total. The molecule has 1 heterocycles. The maximum absolute atomic E-state index is 12.2. The minimum absolute atomic E-state index is 0.140. The molecule has 1 amide bonds. The van der Waals surface area contributed by atoms with Crippen molar-refractivity contribution in [2.75, 3.05) is 50.1 Å². The quantitative estimate of drug-likeness (QED) is 0.742. The summed E-state index contributed by atoms with van der Waals surface area (Å²) in [6.45, 7) is 7.02. The summed E-state index contributed by atoms with van der Waals surface area (Å²) < 4.78 is 5.56. The highest BCUT2D eigenvalue weighted by Gasteiger charge is 2.13. The number of carbonyl (C=O) groups is 1. The number of piperazine rings is 1. The van der Waals surface area contributed by atoms with E-state index < -0.39 is 0 Å². The maximum atomic E-state index is 12.2. The number of benzene rings is 2. The lowest BCUT2D eigenvalue weighted by atomic mass is 10.2. The molecule has 28 heavy (non-hydrogen) atoms. The van der Waals surface area contributed by atoms with Crippen molar-refractivity contribution in [2.45, 2.75) is 13.3 Å². The number of amides is 1. The summed E-state index contributed by atoms with van der Waals surface area (Å²) in [4.78, 5) is 16.9. The van der Waals surface area contributed by atoms with Crippen LogP contribution in [0.25, 0.3) is 6.08 Å². The molecular formula is C23H29N3O2. The van der Waals surface area contributed by atoms with Crippen LogP contribution in [0.4, 0.5) is 11.4 Å². The Morgan fingerprint density at radius 2 is 1.71 bits per heavy atom. The largest absolute Gasteiger partial charge is 0.494 e. The summed E-state index contributed by atoms with van der Waals surface area (Å²) in [5.74, 6) is 0.711. The van der Waals surface area contributed by atoms with Gasteiger partial charge in [-0.25, -0.2) is 0 Å². The Balaban J connectivity index is 1.50. The third kappa shape index (κ3) is 5.86. The normalized spacial score (nSPS) is 15.0. The van der Waals surface area contributed by atoms with Crippen LogP contribution < -0.4 is 15.0 Å². The van der Waals surface area contributed by atoms with Gasteiger partial charge >= 0.3 is 0 Å². The van der Waals surface area contributed by atoms with Gasteiger partial charge < -0.3 is 19.9 Å². The smallest absolute Gasteiger partial charge is 0.248 e. The molecular weight excluding hydrogens is 350 g/mol. The van der Waals surface area contributed by atoms with Gasteiger partial charge in [0, 0.05) is 43.6 Å². The van der Waals surface area contributed by atoms with Crippen LogP contribution in [0.15, 0.2) is 54.6 Å². The summed E-state index contributed by atoms with van der Waals surface area (Å²) in [5, 5.41) is 2.91. The lowest BCUT2D eigenvalue weighted by Crippen LogP contribution is -2.44. The number of rotatable bonds is 7. The van der Waals surface area contributed by atoms with E-state index in [1.807, 2.05) is 36.4 Å². The number of hydrogen-bond acceptors (Lipinski definition) is 4. The lowest BCUT2D eigenvalue weighted by Gasteiger charge is -2.34. The summed E-state index contributed by atoms with van der Waals surface area (Å²) in [5.41, 5.74) is 2.97. The fraction of sp³-hybridized carbons (Fsp3) is 0.348. The summed E-state index contributed by atoms with van der Waals surface area (Å²) in [6, 6.07) is 15.8. The molecule has 1 aliphatic rings. The first-order valence-electron chi connectivity index (χ1n) is 9.89. The Morgan fingerprint density at radius 1 is 1.04 bits per heavy atom. The predicted molar refractivity (Wildman–Crippen MR) is 116 cm³/mol. The van der Waals surface area contributed by atoms with E-state index in [9.17, 15) is 4.79 Å². The fourth-order valence-electron chi connectivity index (χ4n) is 3.07. The van der Waals surface area contributed by atoms with E-state index >= 15 is 0 Å². The van der Waals surface area contributed by atoms with Gasteiger partial charge in [0.05, 0.1) is 6.61 Å². The molecule has 1 fully saturated rings. The number of nitrogens with one attached hydrogen (secondary N) is 1. The Bertz CT molecular complexity index is 776. The molecule has 0 radical (unpaired) electrons. The molecule has 5 heteroatoms. The number of ether oxygens (including phenoxy) is 1. The Kier molecular flexibility index (Phi) is 7.09. The average molecular weight is 380 g/mol. The van der Waals surface area contributed by atoms with E-state index in [-0.39, 0.29) is 5.91 Å². The highest BCUT2D eigenvalue weighted by molar-refractivity contribution is 6.02. The molecule has 3 rings (SSSR count). The monoisotopic (exact) mass is 379 g/mol. The van der Waals surface area contributed by atoms with Crippen LogP contribution in [0.5, 0.6) is 5.75 Å². The summed E-state index contributed by atoms with van der Waals surface area (Å²) >= 11 is 0. The van der Waals surface area contributed by atoms with E-state index in [1.54, 1.807) is 12.2 Å². The molecule has 2 aromatic rings. The molecule has 0 spiro atoms. The van der Waals surface area contributed by atoms with Crippen molar-refractivity contribution in [3.63, 3.8) is 0 Å². The molecule has 0 aliphatic carbocycles. The highest BCUT2D eigenvalue weighted by atomic mass is 16.5. The van der Waals surface area contributed by atoms with Gasteiger partial charge in [-0.1, -0.05) is 19.1 Å². The standard InChI is InChI=1S/C23H29N3O2/c1-3-18-28-22-11-4-19(5-12-22)6-13-23(27)24-20-7-9-21(10-8-20)26-16-14-25(2)15-17-26/h4-13H,3,14-18H2,1-2H3,(H,24,27)/b13-6+. The van der Waals surface area contributed by atoms with Crippen LogP contribution in [0.2, 0.25) is 0 Å². The number of nitrogens with zero attached hydrogens (tertiary/aromatic N) is 2. The molecule has 2 aromatic carbocycles. The first-order chi connectivity index (χ1) is 13.6. The number of anilines is 2. The Hall–Kier alpha value is -2.79. The van der Waals surface area contributed by atoms with E-state index in [0.29, 0.717) is 6.61 Å². The first-order valence-corrected chi connectivity index (χ1v) is 9.89. The van der Waals surface area contributed by atoms with Crippen LogP contribution in [0, 0.1) is 0 Å². The molecule has 0 unspecified atom stereocenters. The van der Waals surface area contributed by atoms with Crippen molar-refractivity contribution in [1.82, 2.24) is 4.90 Å². The van der Waals surface area contributed by atoms with E-state index in [2.05, 4.69) is 41.2 Å². The predicted octanol–water partition coefficient (Wildman–Crippen LogP) is 3.88. The highest BCUT2D eigenvalue weighted by Crippen LogP contribution is 2.19. The molecule has 0 aromatic heterocycles. The van der Waals surface area contributed by atoms with Crippen LogP contribution in [-0.2, 0) is 4.79 Å². The molecule has 0 bridgehead atoms. The van der Waals surface area contributed by atoms with Crippen LogP contribution in [0.1, 0.15) is 18.9 Å². The fourth-order valence-corrected chi connectivity index (χ4v) is 3.07. The third-order valence-electron chi connectivity index (χ3n) is 4.78. The summed E-state index contributed by atoms with van der Waals surface area (Å²) in [7, 11) is 2.15. The number of hydrogen-bond donors (Lipinski definition) is 1. The molecule has 0 saturated carbocycles. The minimum Gasteiger partial charge on any atom is -0.494 e. The minimum atomic E-state index is -0.140. The topological polar surface area (TPSA) is 44.8 Å². The maximum Gasteiger partial charge on any atom is 0.248 e. The second-order valence-electron chi connectivity index (χ2n) is 7.08. The van der Waals surface area contributed by atoms with Gasteiger partial charge in [0.25, 0.3) is 0 Å². The van der Waals surface area contributed by atoms with Gasteiger partial charge in [-0.2, -0.15) is 0 Å². The SMILES string of the molecule is CCCOc1ccc(/C=C/C(=O)Nc2ccc(N3CCN(C)CC3)cc2)cc1. The van der Waals surface area contributed by atoms with Crippen LogP contribution in [-0.4, -0.2) is 50.6 Å². The number of carbonyl (C=O) groups excluding carboxylic acids is 1. The zero-order valence-corrected chi connectivity index (χ0v) is 16.7. The van der Waals surface area contributed by atoms with E-state index in [4.69, 9.17) is 4.74 Å². The molecule has 5 nitrogen and oxygen atoms in total. The van der Waals surface area contributed by atoms with Crippen molar-refractivity contribution in [1.29, 1.82) is 0 Å². The van der Waals surface area contributed by atoms with Crippen LogP contribution in [0.3, 0.4) is 0 Å². The van der Waals surface area contributed by atoms with Crippen molar-refractivity contribution >= 4 is 23.4 Å². The number of likely N-dealkylation sites (N-methyl/N-ethyl adjacent to an activating group) is 1. The van der Waals surface area contributed by atoms with E-state index in [1.165, 1.54) is 5.69 Å². The van der Waals surface area contributed by atoms with Crippen molar-refractivity contribution < 1.29 is 9.53 Å². The molecule has 1 aliphatic heterocycles. The second-order valence-corrected chi connectivity index (χ2v) is 7.08. The third-order valence-corrected chi connectivity index (χ3v) is 4.78. The summed E-state index contributed by atoms with van der Waals surface area (Å²) in [6.07, 6.45) is 4.34. The second kappa shape index (κ2) is 9.95. The van der Waals surface area contributed by atoms with Crippen molar-refractivity contribution in [3.05, 3.63) is 60.2 Å². The molecule has 0 atom stereocenters. The Labute approximate surface area is 167 Å². The molecule has 148 valence electrons. The van der Waals surface area contributed by atoms with Crippen molar-refractivity contribution in [2.24, 2.45) is 0 Å². The van der Waals surface area contributed by atoms with Gasteiger partial charge in [0.1, 0.15) is 5.75 Å². The van der Waals surface area contributed by atoms with Crippen molar-refractivity contribution in [3.8, 4) is 5.75 Å². The Morgan fingerprint density at radius 3 is 2.36 bits per heavy atom. The zero-order valence-electron chi connectivity index (χ0n) is 16.7. The van der Waals surface area contributed by atoms with Gasteiger partial charge in [-0.15, -0.1) is 0 Å². The zero-order chi connectivity index (χ0) is 19.8. The average Bonchev–Trinajstić information content (AvgIpc) is 2.73. The van der Waals surface area contributed by atoms with Gasteiger partial charge in [-0.05, 0) is 61.5 Å². The molecule has 1 saturated heterocycles. The van der Waals surface area contributed by atoms with Gasteiger partial charge in [0.15, 0.2) is 0 Å². The van der Waals surface area contributed by atoms with E-state index in [0.717, 1.165) is 49.6 Å². The van der Waals surface area contributed by atoms with Gasteiger partial charge in [0.2, 0.25) is 5.91 Å². The van der Waals surface area contributed by atoms with Crippen LogP contribution >= 0.6 is 0 Å².